The second kappa shape index (κ2) is 5.83. The number of imide groups is 1. The largest absolute Gasteiger partial charge is 0.337 e. The van der Waals surface area contributed by atoms with Gasteiger partial charge in [-0.15, -0.1) is 0 Å². The lowest BCUT2D eigenvalue weighted by Gasteiger charge is -2.22. The Hall–Kier alpha value is -3.36. The highest BCUT2D eigenvalue weighted by molar-refractivity contribution is 6.00. The summed E-state index contributed by atoms with van der Waals surface area (Å²) in [6, 6.07) is 5.22. The highest BCUT2D eigenvalue weighted by atomic mass is 19.1. The van der Waals surface area contributed by atoms with Gasteiger partial charge < -0.3 is 5.32 Å². The Morgan fingerprint density at radius 1 is 1.19 bits per heavy atom. The van der Waals surface area contributed by atoms with Crippen molar-refractivity contribution in [2.75, 3.05) is 6.54 Å². The van der Waals surface area contributed by atoms with Gasteiger partial charge in [0.25, 0.3) is 0 Å². The number of hydrogen-bond donors (Lipinski definition) is 2. The molecule has 9 heteroatoms. The lowest BCUT2D eigenvalue weighted by molar-refractivity contribution is -0.122. The molecule has 3 aromatic heterocycles. The highest BCUT2D eigenvalue weighted by Gasteiger charge is 2.42. The van der Waals surface area contributed by atoms with Crippen molar-refractivity contribution in [2.45, 2.75) is 24.2 Å². The van der Waals surface area contributed by atoms with Crippen molar-refractivity contribution in [1.29, 1.82) is 0 Å². The van der Waals surface area contributed by atoms with E-state index in [2.05, 4.69) is 25.7 Å². The number of amides is 3. The van der Waals surface area contributed by atoms with Crippen LogP contribution in [0.3, 0.4) is 0 Å². The van der Waals surface area contributed by atoms with Crippen LogP contribution in [0.5, 0.6) is 0 Å². The summed E-state index contributed by atoms with van der Waals surface area (Å²) in [5.41, 5.74) is 2.89. The first kappa shape index (κ1) is 15.9. The van der Waals surface area contributed by atoms with E-state index in [1.54, 1.807) is 12.4 Å². The number of pyridine rings is 1. The zero-order chi connectivity index (χ0) is 18.5. The minimum absolute atomic E-state index is 0.122. The molecule has 1 aliphatic carbocycles. The summed E-state index contributed by atoms with van der Waals surface area (Å²) in [5.74, 6) is -1.25. The van der Waals surface area contributed by atoms with Gasteiger partial charge in [-0.1, -0.05) is 0 Å². The molecule has 27 heavy (non-hydrogen) atoms. The smallest absolute Gasteiger partial charge is 0.321 e. The molecular formula is C18H15FN6O2. The minimum Gasteiger partial charge on any atom is -0.337 e. The van der Waals surface area contributed by atoms with Gasteiger partial charge in [-0.3, -0.25) is 15.1 Å². The van der Waals surface area contributed by atoms with Crippen LogP contribution in [0.1, 0.15) is 41.0 Å². The summed E-state index contributed by atoms with van der Waals surface area (Å²) in [7, 11) is 0. The molecule has 0 radical (unpaired) electrons. The van der Waals surface area contributed by atoms with Crippen LogP contribution < -0.4 is 10.6 Å². The molecule has 2 fully saturated rings. The van der Waals surface area contributed by atoms with Crippen molar-refractivity contribution in [2.24, 2.45) is 0 Å². The Balaban J connectivity index is 1.56. The molecule has 1 saturated heterocycles. The topological polar surface area (TPSA) is 101 Å². The Kier molecular flexibility index (Phi) is 3.43. The van der Waals surface area contributed by atoms with Crippen molar-refractivity contribution in [3.63, 3.8) is 0 Å². The van der Waals surface area contributed by atoms with Gasteiger partial charge in [0, 0.05) is 24.5 Å². The molecule has 0 spiro atoms. The molecule has 136 valence electrons. The van der Waals surface area contributed by atoms with E-state index in [0.717, 1.165) is 22.7 Å². The molecule has 0 aromatic carbocycles. The van der Waals surface area contributed by atoms with Crippen LogP contribution in [-0.4, -0.2) is 38.1 Å². The Morgan fingerprint density at radius 2 is 2.00 bits per heavy atom. The molecule has 5 rings (SSSR count). The van der Waals surface area contributed by atoms with Gasteiger partial charge in [0.15, 0.2) is 5.65 Å². The molecule has 4 heterocycles. The van der Waals surface area contributed by atoms with Gasteiger partial charge in [0.05, 0.1) is 17.8 Å². The predicted octanol–water partition coefficient (Wildman–Crippen LogP) is 1.46. The minimum atomic E-state index is -0.675. The first-order chi connectivity index (χ1) is 13.1. The average molecular weight is 366 g/mol. The number of urea groups is 1. The number of carbonyl (C=O) groups is 2. The fraction of sp³-hybridized carbons (Fsp3) is 0.278. The van der Waals surface area contributed by atoms with E-state index in [1.165, 1.54) is 5.56 Å². The Labute approximate surface area is 152 Å². The fourth-order valence-electron chi connectivity index (χ4n) is 3.72. The second-order valence-corrected chi connectivity index (χ2v) is 6.82. The van der Waals surface area contributed by atoms with Crippen molar-refractivity contribution in [3.8, 4) is 0 Å². The van der Waals surface area contributed by atoms with Crippen molar-refractivity contribution < 1.29 is 14.0 Å². The molecule has 3 atom stereocenters. The van der Waals surface area contributed by atoms with Crippen LogP contribution >= 0.6 is 0 Å². The summed E-state index contributed by atoms with van der Waals surface area (Å²) in [5, 5.41) is 9.07. The normalized spacial score (nSPS) is 24.6. The van der Waals surface area contributed by atoms with E-state index >= 15 is 0 Å². The maximum Gasteiger partial charge on any atom is 0.321 e. The third-order valence-electron chi connectivity index (χ3n) is 5.17. The van der Waals surface area contributed by atoms with E-state index in [9.17, 15) is 14.0 Å². The first-order valence-corrected chi connectivity index (χ1v) is 8.64. The zero-order valence-corrected chi connectivity index (χ0v) is 14.1. The number of fused-ring (bicyclic) bond motifs is 1. The average Bonchev–Trinajstić information content (AvgIpc) is 3.39. The molecular weight excluding hydrogens is 351 g/mol. The standard InChI is InChI=1S/C18H15FN6O2/c19-15-8-21-16-12(11-5-10(11)9-1-3-20-4-2-9)6-14(24-25(15)16)13-7-22-18(27)23-17(13)26/h1-4,6,8,10-11,13H,5,7H2,(H2,22,23,26,27)/t10-,11+,13?/m1/s1. The van der Waals surface area contributed by atoms with Gasteiger partial charge in [-0.05, 0) is 42.0 Å². The van der Waals surface area contributed by atoms with Gasteiger partial charge in [-0.2, -0.15) is 14.0 Å². The SMILES string of the molecule is O=C1NCC(c2cc([C@H]3C[C@@H]3c3ccncc3)c3ncc(F)n3n2)C(=O)N1. The molecule has 2 aliphatic rings. The Morgan fingerprint density at radius 3 is 2.78 bits per heavy atom. The molecule has 3 amide bonds. The van der Waals surface area contributed by atoms with Crippen LogP contribution in [-0.2, 0) is 4.79 Å². The number of nitrogens with zero attached hydrogens (tertiary/aromatic N) is 4. The number of carbonyl (C=O) groups excluding carboxylic acids is 2. The molecule has 1 aliphatic heterocycles. The second-order valence-electron chi connectivity index (χ2n) is 6.82. The van der Waals surface area contributed by atoms with Crippen LogP contribution in [0.4, 0.5) is 9.18 Å². The van der Waals surface area contributed by atoms with Crippen LogP contribution in [0, 0.1) is 5.95 Å². The highest BCUT2D eigenvalue weighted by Crippen LogP contribution is 2.55. The number of rotatable bonds is 3. The number of aromatic nitrogens is 4. The lowest BCUT2D eigenvalue weighted by Crippen LogP contribution is -2.51. The van der Waals surface area contributed by atoms with Crippen molar-refractivity contribution in [3.05, 3.63) is 59.6 Å². The molecule has 1 unspecified atom stereocenters. The lowest BCUT2D eigenvalue weighted by atomic mass is 9.99. The zero-order valence-electron chi connectivity index (χ0n) is 14.1. The summed E-state index contributed by atoms with van der Waals surface area (Å²) in [6.45, 7) is 0.122. The van der Waals surface area contributed by atoms with E-state index in [0.29, 0.717) is 17.3 Å². The van der Waals surface area contributed by atoms with Crippen molar-refractivity contribution >= 4 is 17.6 Å². The first-order valence-electron chi connectivity index (χ1n) is 8.64. The van der Waals surface area contributed by atoms with E-state index in [1.807, 2.05) is 18.2 Å². The summed E-state index contributed by atoms with van der Waals surface area (Å²) < 4.78 is 15.3. The predicted molar refractivity (Wildman–Crippen MR) is 91.6 cm³/mol. The van der Waals surface area contributed by atoms with E-state index in [-0.39, 0.29) is 12.5 Å². The van der Waals surface area contributed by atoms with Gasteiger partial charge >= 0.3 is 6.03 Å². The summed E-state index contributed by atoms with van der Waals surface area (Å²) in [6.07, 6.45) is 5.54. The molecule has 0 bridgehead atoms. The number of hydrogen-bond acceptors (Lipinski definition) is 5. The van der Waals surface area contributed by atoms with Crippen LogP contribution in [0.25, 0.3) is 5.65 Å². The number of halogens is 1. The molecule has 8 nitrogen and oxygen atoms in total. The van der Waals surface area contributed by atoms with Gasteiger partial charge in [0.1, 0.15) is 0 Å². The Bertz CT molecular complexity index is 1070. The fourth-order valence-corrected chi connectivity index (χ4v) is 3.72. The number of nitrogens with one attached hydrogen (secondary N) is 2. The third-order valence-corrected chi connectivity index (χ3v) is 5.17. The van der Waals surface area contributed by atoms with E-state index < -0.39 is 23.8 Å². The number of imidazole rings is 1. The van der Waals surface area contributed by atoms with E-state index in [4.69, 9.17) is 0 Å². The molecule has 2 N–H and O–H groups in total. The van der Waals surface area contributed by atoms with Gasteiger partial charge in [-0.25, -0.2) is 9.78 Å². The monoisotopic (exact) mass is 366 g/mol. The van der Waals surface area contributed by atoms with Gasteiger partial charge in [0.2, 0.25) is 11.9 Å². The molecule has 3 aromatic rings. The third kappa shape index (κ3) is 2.62. The maximum absolute atomic E-state index is 14.2. The summed E-state index contributed by atoms with van der Waals surface area (Å²) >= 11 is 0. The quantitative estimate of drug-likeness (QED) is 0.731. The molecule has 1 saturated carbocycles. The van der Waals surface area contributed by atoms with Crippen molar-refractivity contribution in [1.82, 2.24) is 30.2 Å². The maximum atomic E-state index is 14.2. The summed E-state index contributed by atoms with van der Waals surface area (Å²) in [4.78, 5) is 31.7. The van der Waals surface area contributed by atoms with Crippen LogP contribution in [0.15, 0.2) is 36.8 Å². The van der Waals surface area contributed by atoms with Crippen LogP contribution in [0.2, 0.25) is 0 Å².